The number of aromatic hydroxyl groups is 1. The van der Waals surface area contributed by atoms with E-state index < -0.39 is 27.3 Å². The summed E-state index contributed by atoms with van der Waals surface area (Å²) in [6, 6.07) is 16.4. The first kappa shape index (κ1) is 25.1. The molecule has 0 radical (unpaired) electrons. The Balaban J connectivity index is 1.62. The van der Waals surface area contributed by atoms with Crippen molar-refractivity contribution in [3.8, 4) is 5.75 Å². The monoisotopic (exact) mass is 652 g/mol. The van der Waals surface area contributed by atoms with Gasteiger partial charge in [0, 0.05) is 23.8 Å². The third-order valence-corrected chi connectivity index (χ3v) is 8.64. The lowest BCUT2D eigenvalue weighted by Crippen LogP contribution is -2.38. The fraction of sp³-hybridized carbons (Fsp3) is 0.111. The molecule has 0 spiro atoms. The van der Waals surface area contributed by atoms with Gasteiger partial charge in [-0.25, -0.2) is 4.99 Å². The summed E-state index contributed by atoms with van der Waals surface area (Å²) >= 11 is 2.95. The van der Waals surface area contributed by atoms with Gasteiger partial charge < -0.3 is 5.11 Å². The number of thiazole rings is 1. The number of benzene rings is 3. The number of rotatable bonds is 4. The molecule has 6 rings (SSSR count). The van der Waals surface area contributed by atoms with E-state index in [-0.39, 0.29) is 14.8 Å². The molecule has 4 aromatic rings. The van der Waals surface area contributed by atoms with Gasteiger partial charge in [0.2, 0.25) is 5.75 Å². The Morgan fingerprint density at radius 2 is 1.85 bits per heavy atom. The Morgan fingerprint density at radius 3 is 2.62 bits per heavy atom. The fourth-order valence-corrected chi connectivity index (χ4v) is 6.75. The second kappa shape index (κ2) is 9.54. The molecule has 194 valence electrons. The smallest absolute Gasteiger partial charge is 0.312 e. The lowest BCUT2D eigenvalue weighted by atomic mass is 9.83. The van der Waals surface area contributed by atoms with Gasteiger partial charge in [0.25, 0.3) is 11.2 Å². The van der Waals surface area contributed by atoms with Crippen LogP contribution in [0.1, 0.15) is 34.7 Å². The highest BCUT2D eigenvalue weighted by Gasteiger charge is 2.33. The van der Waals surface area contributed by atoms with Crippen molar-refractivity contribution in [2.24, 2.45) is 4.99 Å². The van der Waals surface area contributed by atoms with Gasteiger partial charge in [-0.15, -0.1) is 0 Å². The van der Waals surface area contributed by atoms with Gasteiger partial charge in [0.1, 0.15) is 0 Å². The summed E-state index contributed by atoms with van der Waals surface area (Å²) in [5.41, 5.74) is 3.88. The van der Waals surface area contributed by atoms with Gasteiger partial charge in [-0.3, -0.25) is 29.6 Å². The van der Waals surface area contributed by atoms with E-state index in [1.54, 1.807) is 51.4 Å². The zero-order chi connectivity index (χ0) is 27.4. The molecule has 10 nitrogen and oxygen atoms in total. The van der Waals surface area contributed by atoms with Crippen molar-refractivity contribution in [1.29, 1.82) is 0 Å². The van der Waals surface area contributed by atoms with Crippen LogP contribution < -0.4 is 14.9 Å². The molecule has 0 fully saturated rings. The van der Waals surface area contributed by atoms with E-state index in [0.29, 0.717) is 26.9 Å². The summed E-state index contributed by atoms with van der Waals surface area (Å²) in [6.45, 7) is 0. The average molecular weight is 652 g/mol. The number of nitro benzene ring substituents is 2. The van der Waals surface area contributed by atoms with Crippen LogP contribution in [0.4, 0.5) is 11.4 Å². The number of phenols is 1. The van der Waals surface area contributed by atoms with Crippen molar-refractivity contribution in [2.45, 2.75) is 18.9 Å². The largest absolute Gasteiger partial charge is 0.501 e. The summed E-state index contributed by atoms with van der Waals surface area (Å²) in [5.74, 6) is -0.434. The number of aryl methyl sites for hydroxylation is 1. The Bertz CT molecular complexity index is 1940. The number of non-ortho nitro benzene ring substituents is 1. The lowest BCUT2D eigenvalue weighted by Gasteiger charge is -2.30. The molecule has 39 heavy (non-hydrogen) atoms. The van der Waals surface area contributed by atoms with E-state index >= 15 is 0 Å². The van der Waals surface area contributed by atoms with Gasteiger partial charge in [-0.05, 0) is 69.8 Å². The topological polar surface area (TPSA) is 141 Å². The number of nitro groups is 2. The van der Waals surface area contributed by atoms with Gasteiger partial charge in [-0.2, -0.15) is 0 Å². The maximum absolute atomic E-state index is 13.9. The number of fused-ring (bicyclic) bond motifs is 3. The molecule has 12 heteroatoms. The van der Waals surface area contributed by atoms with Gasteiger partial charge in [-0.1, -0.05) is 47.7 Å². The Morgan fingerprint density at radius 1 is 1.05 bits per heavy atom. The standard InChI is InChI=1S/C27H17IN4O6S/c28-20-10-14(11-21(25(20)33)32(37)38)12-22-26(34)30-24(16-5-3-6-17(13-16)31(35)36)19-9-8-15-4-1-2-7-18(15)23(19)29-27(30)39-22/h1-7,10-13,24,33H,8-9H2. The molecule has 1 atom stereocenters. The summed E-state index contributed by atoms with van der Waals surface area (Å²) in [5, 5.41) is 33.1. The van der Waals surface area contributed by atoms with Crippen molar-refractivity contribution in [3.05, 3.63) is 132 Å². The Kier molecular flexibility index (Phi) is 6.14. The number of hydrogen-bond acceptors (Lipinski definition) is 8. The van der Waals surface area contributed by atoms with Crippen LogP contribution in [0.3, 0.4) is 0 Å². The van der Waals surface area contributed by atoms with Crippen LogP contribution in [0.15, 0.2) is 76.0 Å². The fourth-order valence-electron chi connectivity index (χ4n) is 5.11. The van der Waals surface area contributed by atoms with Gasteiger partial charge in [0.15, 0.2) is 4.80 Å². The Hall–Kier alpha value is -4.17. The Labute approximate surface area is 237 Å². The normalized spacial score (nSPS) is 16.2. The zero-order valence-electron chi connectivity index (χ0n) is 19.9. The molecule has 1 N–H and O–H groups in total. The molecule has 0 amide bonds. The molecule has 1 aliphatic heterocycles. The first-order valence-corrected chi connectivity index (χ1v) is 13.7. The van der Waals surface area contributed by atoms with Crippen molar-refractivity contribution in [3.63, 3.8) is 0 Å². The first-order valence-electron chi connectivity index (χ1n) is 11.8. The predicted octanol–water partition coefficient (Wildman–Crippen LogP) is 4.45. The summed E-state index contributed by atoms with van der Waals surface area (Å²) in [4.78, 5) is 41.0. The summed E-state index contributed by atoms with van der Waals surface area (Å²) in [6.07, 6.45) is 2.92. The average Bonchev–Trinajstić information content (AvgIpc) is 3.23. The zero-order valence-corrected chi connectivity index (χ0v) is 22.9. The molecule has 2 aliphatic rings. The molecule has 0 saturated carbocycles. The van der Waals surface area contributed by atoms with E-state index in [1.807, 2.05) is 24.3 Å². The minimum Gasteiger partial charge on any atom is -0.501 e. The highest BCUT2D eigenvalue weighted by atomic mass is 127. The SMILES string of the molecule is O=c1c(=Cc2cc(I)c(O)c([N+](=O)[O-])c2)sc2n1C(c1cccc([N+](=O)[O-])c1)C1=C(N=2)c2ccccc2CC1. The molecule has 1 unspecified atom stereocenters. The maximum atomic E-state index is 13.9. The molecule has 0 bridgehead atoms. The maximum Gasteiger partial charge on any atom is 0.312 e. The van der Waals surface area contributed by atoms with Crippen molar-refractivity contribution < 1.29 is 15.0 Å². The van der Waals surface area contributed by atoms with E-state index in [2.05, 4.69) is 0 Å². The number of allylic oxidation sites excluding steroid dienone is 1. The molecular weight excluding hydrogens is 635 g/mol. The van der Waals surface area contributed by atoms with E-state index in [1.165, 1.54) is 18.2 Å². The van der Waals surface area contributed by atoms with E-state index in [9.17, 15) is 30.1 Å². The molecule has 2 heterocycles. The number of nitrogens with zero attached hydrogens (tertiary/aromatic N) is 4. The molecule has 3 aromatic carbocycles. The molecule has 1 aliphatic carbocycles. The summed E-state index contributed by atoms with van der Waals surface area (Å²) < 4.78 is 2.14. The van der Waals surface area contributed by atoms with Gasteiger partial charge >= 0.3 is 5.69 Å². The van der Waals surface area contributed by atoms with Crippen LogP contribution in [0.25, 0.3) is 11.8 Å². The number of phenolic OH excluding ortho intramolecular Hbond substituents is 1. The van der Waals surface area contributed by atoms with Gasteiger partial charge in [0.05, 0.1) is 29.7 Å². The predicted molar refractivity (Wildman–Crippen MR) is 153 cm³/mol. The molecule has 0 saturated heterocycles. The minimum absolute atomic E-state index is 0.0732. The second-order valence-corrected chi connectivity index (χ2v) is 11.3. The van der Waals surface area contributed by atoms with E-state index in [0.717, 1.165) is 40.2 Å². The van der Waals surface area contributed by atoms with Crippen LogP contribution >= 0.6 is 33.9 Å². The minimum atomic E-state index is -0.676. The quantitative estimate of drug-likeness (QED) is 0.196. The molecule has 1 aromatic heterocycles. The number of aromatic nitrogens is 1. The third kappa shape index (κ3) is 4.25. The van der Waals surface area contributed by atoms with Crippen molar-refractivity contribution in [1.82, 2.24) is 4.57 Å². The second-order valence-electron chi connectivity index (χ2n) is 9.09. The van der Waals surface area contributed by atoms with Crippen LogP contribution in [-0.2, 0) is 6.42 Å². The van der Waals surface area contributed by atoms with Crippen LogP contribution in [0.5, 0.6) is 5.75 Å². The van der Waals surface area contributed by atoms with Crippen LogP contribution in [-0.4, -0.2) is 19.5 Å². The number of halogens is 1. The van der Waals surface area contributed by atoms with Crippen LogP contribution in [0, 0.1) is 23.8 Å². The van der Waals surface area contributed by atoms with Crippen molar-refractivity contribution in [2.75, 3.05) is 0 Å². The van der Waals surface area contributed by atoms with E-state index in [4.69, 9.17) is 4.99 Å². The third-order valence-electron chi connectivity index (χ3n) is 6.83. The highest BCUT2D eigenvalue weighted by molar-refractivity contribution is 14.1. The number of hydrogen-bond donors (Lipinski definition) is 1. The van der Waals surface area contributed by atoms with Crippen LogP contribution in [0.2, 0.25) is 0 Å². The molecular formula is C27H17IN4O6S. The highest BCUT2D eigenvalue weighted by Crippen LogP contribution is 2.41. The summed E-state index contributed by atoms with van der Waals surface area (Å²) in [7, 11) is 0. The first-order chi connectivity index (χ1) is 18.7. The lowest BCUT2D eigenvalue weighted by molar-refractivity contribution is -0.386. The van der Waals surface area contributed by atoms with Crippen molar-refractivity contribution >= 4 is 57.1 Å².